The van der Waals surface area contributed by atoms with E-state index in [9.17, 15) is 16.8 Å². The molecule has 4 aromatic rings. The Morgan fingerprint density at radius 3 is 2.24 bits per heavy atom. The van der Waals surface area contributed by atoms with Crippen LogP contribution in [0.3, 0.4) is 0 Å². The van der Waals surface area contributed by atoms with Crippen molar-refractivity contribution in [1.29, 1.82) is 0 Å². The molecule has 2 heterocycles. The summed E-state index contributed by atoms with van der Waals surface area (Å²) >= 11 is 0. The van der Waals surface area contributed by atoms with Crippen molar-refractivity contribution < 1.29 is 31.0 Å². The minimum Gasteiger partial charge on any atom is -0.493 e. The first kappa shape index (κ1) is 29.3. The fourth-order valence-corrected chi connectivity index (χ4v) is 4.43. The molecule has 16 heteroatoms. The number of ether oxygens (including phenoxy) is 3. The van der Waals surface area contributed by atoms with Crippen LogP contribution in [0.15, 0.2) is 78.5 Å². The Hall–Kier alpha value is -4.64. The van der Waals surface area contributed by atoms with Crippen LogP contribution in [0.25, 0.3) is 17.7 Å². The van der Waals surface area contributed by atoms with E-state index in [1.807, 2.05) is 0 Å². The monoisotopic (exact) mass is 599 g/mol. The Morgan fingerprint density at radius 1 is 0.878 bits per heavy atom. The zero-order valence-electron chi connectivity index (χ0n) is 21.5. The SMILES string of the molecule is COc1ccccc1Oc1c(NS(=O)(=O)/C=C/c2ccccc2)nc(-c2ncccn2)nc1OCCNS(N)(=O)=O. The maximum atomic E-state index is 13.1. The van der Waals surface area contributed by atoms with Crippen molar-refractivity contribution in [2.45, 2.75) is 0 Å². The Labute approximate surface area is 236 Å². The van der Waals surface area contributed by atoms with Crippen LogP contribution in [-0.4, -0.2) is 57.0 Å². The highest BCUT2D eigenvalue weighted by atomic mass is 32.2. The predicted octanol–water partition coefficient (Wildman–Crippen LogP) is 2.32. The number of para-hydroxylation sites is 2. The smallest absolute Gasteiger partial charge is 0.274 e. The van der Waals surface area contributed by atoms with E-state index < -0.39 is 20.2 Å². The number of sulfonamides is 1. The number of benzene rings is 2. The van der Waals surface area contributed by atoms with Crippen LogP contribution in [0, 0.1) is 0 Å². The number of nitrogens with one attached hydrogen (secondary N) is 2. The highest BCUT2D eigenvalue weighted by Gasteiger charge is 2.24. The molecule has 0 aliphatic carbocycles. The standard InChI is InChI=1S/C25H25N7O7S2/c1-37-19-10-5-6-11-20(19)39-21-22(32-40(33,34)17-12-18-8-3-2-4-9-18)30-24(23-27-13-7-14-28-23)31-25(21)38-16-15-29-41(26,35)36/h2-14,17,29H,15-16H2,1H3,(H2,26,35,36)(H,30,31,32)/b17-12+. The average Bonchev–Trinajstić information content (AvgIpc) is 2.96. The highest BCUT2D eigenvalue weighted by Crippen LogP contribution is 2.41. The number of aromatic nitrogens is 4. The first-order chi connectivity index (χ1) is 19.6. The lowest BCUT2D eigenvalue weighted by Crippen LogP contribution is -2.34. The van der Waals surface area contributed by atoms with Gasteiger partial charge in [-0.25, -0.2) is 28.5 Å². The largest absolute Gasteiger partial charge is 0.493 e. The van der Waals surface area contributed by atoms with Gasteiger partial charge in [-0.1, -0.05) is 42.5 Å². The molecule has 0 saturated carbocycles. The van der Waals surface area contributed by atoms with Crippen LogP contribution in [0.2, 0.25) is 0 Å². The van der Waals surface area contributed by atoms with E-state index in [2.05, 4.69) is 29.4 Å². The van der Waals surface area contributed by atoms with Gasteiger partial charge in [-0.05, 0) is 29.8 Å². The van der Waals surface area contributed by atoms with E-state index >= 15 is 0 Å². The fraction of sp³-hybridized carbons (Fsp3) is 0.120. The topological polar surface area (TPSA) is 198 Å². The zero-order valence-corrected chi connectivity index (χ0v) is 23.2. The fourth-order valence-electron chi connectivity index (χ4n) is 3.25. The maximum Gasteiger partial charge on any atom is 0.274 e. The minimum atomic E-state index is -4.16. The second-order valence-corrected chi connectivity index (χ2v) is 10.9. The van der Waals surface area contributed by atoms with Gasteiger partial charge in [0.05, 0.1) is 12.5 Å². The second-order valence-electron chi connectivity index (χ2n) is 8.00. The molecule has 0 radical (unpaired) electrons. The number of nitrogens with zero attached hydrogens (tertiary/aromatic N) is 4. The van der Waals surface area contributed by atoms with E-state index in [1.165, 1.54) is 25.6 Å². The van der Waals surface area contributed by atoms with Crippen molar-refractivity contribution in [3.8, 4) is 34.8 Å². The van der Waals surface area contributed by atoms with Crippen molar-refractivity contribution in [3.63, 3.8) is 0 Å². The van der Waals surface area contributed by atoms with Gasteiger partial charge < -0.3 is 14.2 Å². The molecule has 0 bridgehead atoms. The number of nitrogens with two attached hydrogens (primary N) is 1. The molecule has 14 nitrogen and oxygen atoms in total. The van der Waals surface area contributed by atoms with Crippen LogP contribution in [0.4, 0.5) is 5.82 Å². The van der Waals surface area contributed by atoms with Crippen molar-refractivity contribution >= 4 is 32.1 Å². The highest BCUT2D eigenvalue weighted by molar-refractivity contribution is 7.95. The number of hydrogen-bond donors (Lipinski definition) is 3. The lowest BCUT2D eigenvalue weighted by atomic mass is 10.2. The first-order valence-electron chi connectivity index (χ1n) is 11.8. The molecule has 0 fully saturated rings. The molecule has 2 aromatic carbocycles. The van der Waals surface area contributed by atoms with Gasteiger partial charge >= 0.3 is 0 Å². The van der Waals surface area contributed by atoms with Crippen LogP contribution in [0.1, 0.15) is 5.56 Å². The summed E-state index contributed by atoms with van der Waals surface area (Å²) in [6.45, 7) is -0.486. The van der Waals surface area contributed by atoms with E-state index in [4.69, 9.17) is 19.3 Å². The summed E-state index contributed by atoms with van der Waals surface area (Å²) in [4.78, 5) is 16.9. The molecule has 0 amide bonds. The summed E-state index contributed by atoms with van der Waals surface area (Å²) in [5, 5.41) is 5.95. The molecule has 214 valence electrons. The van der Waals surface area contributed by atoms with Gasteiger partial charge in [0.1, 0.15) is 6.61 Å². The van der Waals surface area contributed by atoms with Gasteiger partial charge in [0, 0.05) is 18.9 Å². The van der Waals surface area contributed by atoms with Crippen LogP contribution in [0.5, 0.6) is 23.1 Å². The molecule has 0 aliphatic heterocycles. The molecule has 0 saturated heterocycles. The Morgan fingerprint density at radius 2 is 1.56 bits per heavy atom. The van der Waals surface area contributed by atoms with Gasteiger partial charge in [0.25, 0.3) is 26.1 Å². The molecule has 0 spiro atoms. The summed E-state index contributed by atoms with van der Waals surface area (Å²) < 4.78 is 70.4. The summed E-state index contributed by atoms with van der Waals surface area (Å²) in [5.74, 6) is -0.310. The molecule has 0 aliphatic rings. The second kappa shape index (κ2) is 13.1. The third kappa shape index (κ3) is 8.67. The van der Waals surface area contributed by atoms with Gasteiger partial charge in [-0.3, -0.25) is 4.72 Å². The third-order valence-electron chi connectivity index (χ3n) is 5.00. The molecular weight excluding hydrogens is 574 g/mol. The third-order valence-corrected chi connectivity index (χ3v) is 6.58. The molecule has 4 N–H and O–H groups in total. The Kier molecular flexibility index (Phi) is 9.41. The molecule has 41 heavy (non-hydrogen) atoms. The van der Waals surface area contributed by atoms with E-state index in [1.54, 1.807) is 60.7 Å². The van der Waals surface area contributed by atoms with Gasteiger partial charge in [-0.2, -0.15) is 18.1 Å². The van der Waals surface area contributed by atoms with Crippen LogP contribution < -0.4 is 28.8 Å². The number of methoxy groups -OCH3 is 1. The molecule has 2 aromatic heterocycles. The zero-order chi connectivity index (χ0) is 29.3. The molecule has 0 unspecified atom stereocenters. The van der Waals surface area contributed by atoms with Crippen molar-refractivity contribution in [2.24, 2.45) is 5.14 Å². The van der Waals surface area contributed by atoms with Crippen molar-refractivity contribution in [2.75, 3.05) is 25.0 Å². The van der Waals surface area contributed by atoms with Crippen LogP contribution >= 0.6 is 0 Å². The normalized spacial score (nSPS) is 11.8. The number of hydrogen-bond acceptors (Lipinski definition) is 11. The number of anilines is 1. The lowest BCUT2D eigenvalue weighted by Gasteiger charge is -2.17. The van der Waals surface area contributed by atoms with Crippen LogP contribution in [-0.2, 0) is 20.2 Å². The molecule has 0 atom stereocenters. The predicted molar refractivity (Wildman–Crippen MR) is 151 cm³/mol. The quantitative estimate of drug-likeness (QED) is 0.191. The summed E-state index contributed by atoms with van der Waals surface area (Å²) in [6, 6.07) is 17.0. The van der Waals surface area contributed by atoms with Gasteiger partial charge in [0.2, 0.25) is 11.6 Å². The minimum absolute atomic E-state index is 0.0594. The Balaban J connectivity index is 1.80. The summed E-state index contributed by atoms with van der Waals surface area (Å²) in [5.41, 5.74) is 0.649. The maximum absolute atomic E-state index is 13.1. The van der Waals surface area contributed by atoms with Gasteiger partial charge in [0.15, 0.2) is 23.1 Å². The number of rotatable bonds is 13. The Bertz CT molecular complexity index is 1720. The van der Waals surface area contributed by atoms with E-state index in [-0.39, 0.29) is 48.0 Å². The lowest BCUT2D eigenvalue weighted by molar-refractivity contribution is 0.292. The van der Waals surface area contributed by atoms with Gasteiger partial charge in [-0.15, -0.1) is 0 Å². The van der Waals surface area contributed by atoms with Crippen molar-refractivity contribution in [1.82, 2.24) is 24.7 Å². The van der Waals surface area contributed by atoms with Crippen molar-refractivity contribution in [3.05, 3.63) is 84.0 Å². The van der Waals surface area contributed by atoms with E-state index in [0.29, 0.717) is 11.3 Å². The average molecular weight is 600 g/mol. The molecular formula is C25H25N7O7S2. The molecule has 4 rings (SSSR count). The first-order valence-corrected chi connectivity index (χ1v) is 14.9. The summed E-state index contributed by atoms with van der Waals surface area (Å²) in [6.07, 6.45) is 4.31. The van der Waals surface area contributed by atoms with E-state index in [0.717, 1.165) is 5.41 Å². The summed E-state index contributed by atoms with van der Waals surface area (Å²) in [7, 11) is -6.72.